The summed E-state index contributed by atoms with van der Waals surface area (Å²) in [7, 11) is 0. The zero-order chi connectivity index (χ0) is 20.3. The molecule has 1 aliphatic rings. The number of halogens is 1. The van der Waals surface area contributed by atoms with E-state index in [0.717, 1.165) is 17.0 Å². The van der Waals surface area contributed by atoms with E-state index < -0.39 is 0 Å². The van der Waals surface area contributed by atoms with Crippen LogP contribution in [0.5, 0.6) is 11.5 Å². The maximum absolute atomic E-state index is 6.29. The van der Waals surface area contributed by atoms with E-state index in [4.69, 9.17) is 25.5 Å². The van der Waals surface area contributed by atoms with Crippen LogP contribution in [0.1, 0.15) is 17.5 Å². The average molecular weight is 420 g/mol. The summed E-state index contributed by atoms with van der Waals surface area (Å²) >= 11 is 6.29. The number of nitrogens with one attached hydrogen (secondary N) is 1. The summed E-state index contributed by atoms with van der Waals surface area (Å²) < 4.78 is 17.3. The molecule has 0 aliphatic carbocycles. The van der Waals surface area contributed by atoms with Crippen molar-refractivity contribution in [1.29, 1.82) is 0 Å². The largest absolute Gasteiger partial charge is 0.486 e. The molecule has 0 saturated heterocycles. The first-order valence-electron chi connectivity index (χ1n) is 9.57. The van der Waals surface area contributed by atoms with E-state index >= 15 is 0 Å². The molecule has 7 heteroatoms. The molecule has 0 fully saturated rings. The number of hydrogen-bond acceptors (Lipinski definition) is 6. The molecule has 1 aromatic heterocycles. The zero-order valence-corrected chi connectivity index (χ0v) is 16.7. The third kappa shape index (κ3) is 3.69. The fourth-order valence-electron chi connectivity index (χ4n) is 3.33. The van der Waals surface area contributed by atoms with Crippen LogP contribution < -0.4 is 14.8 Å². The quantitative estimate of drug-likeness (QED) is 0.469. The minimum atomic E-state index is -0.350. The van der Waals surface area contributed by atoms with Crippen molar-refractivity contribution in [1.82, 2.24) is 10.2 Å². The number of ether oxygens (including phenoxy) is 2. The second kappa shape index (κ2) is 8.08. The average Bonchev–Trinajstić information content (AvgIpc) is 3.28. The van der Waals surface area contributed by atoms with E-state index in [1.165, 1.54) is 0 Å². The Kier molecular flexibility index (Phi) is 4.99. The van der Waals surface area contributed by atoms with Crippen molar-refractivity contribution in [3.8, 4) is 23.0 Å². The molecule has 5 rings (SSSR count). The predicted molar refractivity (Wildman–Crippen MR) is 114 cm³/mol. The van der Waals surface area contributed by atoms with Crippen LogP contribution in [-0.4, -0.2) is 23.4 Å². The molecule has 1 N–H and O–H groups in total. The van der Waals surface area contributed by atoms with Crippen LogP contribution in [0, 0.1) is 0 Å². The topological polar surface area (TPSA) is 69.4 Å². The fraction of sp³-hybridized carbons (Fsp3) is 0.130. The van der Waals surface area contributed by atoms with E-state index in [1.807, 2.05) is 66.7 Å². The van der Waals surface area contributed by atoms with Gasteiger partial charge in [-0.2, -0.15) is 0 Å². The molecule has 4 aromatic rings. The smallest absolute Gasteiger partial charge is 0.249 e. The van der Waals surface area contributed by atoms with Gasteiger partial charge in [0.2, 0.25) is 11.8 Å². The molecule has 30 heavy (non-hydrogen) atoms. The standard InChI is InChI=1S/C23H18ClN3O3/c24-18-9-5-4-8-17(18)22-26-27-23(30-22)21(15-6-2-1-3-7-15)25-16-10-11-19-20(14-16)29-13-12-28-19/h1-11,14,21,25H,12-13H2/t21-/m0/s1. The van der Waals surface area contributed by atoms with Crippen LogP contribution in [0.15, 0.2) is 77.2 Å². The normalized spacial score (nSPS) is 13.6. The van der Waals surface area contributed by atoms with Gasteiger partial charge in [-0.15, -0.1) is 10.2 Å². The molecule has 150 valence electrons. The summed E-state index contributed by atoms with van der Waals surface area (Å²) in [5, 5.41) is 12.6. The van der Waals surface area contributed by atoms with Crippen LogP contribution in [0.2, 0.25) is 5.02 Å². The first-order chi connectivity index (χ1) is 14.8. The molecular weight excluding hydrogens is 402 g/mol. The summed E-state index contributed by atoms with van der Waals surface area (Å²) in [6, 6.07) is 22.7. The lowest BCUT2D eigenvalue weighted by Gasteiger charge is -2.21. The molecule has 0 saturated carbocycles. The number of fused-ring (bicyclic) bond motifs is 1. The summed E-state index contributed by atoms with van der Waals surface area (Å²) in [6.45, 7) is 1.09. The molecule has 3 aromatic carbocycles. The van der Waals surface area contributed by atoms with Gasteiger partial charge in [-0.25, -0.2) is 0 Å². The number of anilines is 1. The van der Waals surface area contributed by atoms with Gasteiger partial charge in [0.1, 0.15) is 19.3 Å². The molecule has 0 radical (unpaired) electrons. The molecule has 1 aliphatic heterocycles. The highest BCUT2D eigenvalue weighted by Crippen LogP contribution is 2.35. The Morgan fingerprint density at radius 1 is 0.833 bits per heavy atom. The lowest BCUT2D eigenvalue weighted by atomic mass is 10.1. The second-order valence-corrected chi connectivity index (χ2v) is 7.18. The minimum absolute atomic E-state index is 0.350. The van der Waals surface area contributed by atoms with Gasteiger partial charge in [0.05, 0.1) is 10.6 Å². The molecule has 1 atom stereocenters. The van der Waals surface area contributed by atoms with E-state index in [1.54, 1.807) is 6.07 Å². The minimum Gasteiger partial charge on any atom is -0.486 e. The zero-order valence-electron chi connectivity index (χ0n) is 15.9. The first-order valence-corrected chi connectivity index (χ1v) is 9.95. The van der Waals surface area contributed by atoms with Crippen molar-refractivity contribution < 1.29 is 13.9 Å². The molecule has 0 bridgehead atoms. The fourth-order valence-corrected chi connectivity index (χ4v) is 3.54. The highest BCUT2D eigenvalue weighted by atomic mass is 35.5. The van der Waals surface area contributed by atoms with Gasteiger partial charge < -0.3 is 19.2 Å². The van der Waals surface area contributed by atoms with Crippen LogP contribution in [0.3, 0.4) is 0 Å². The Labute approximate surface area is 178 Å². The van der Waals surface area contributed by atoms with Crippen LogP contribution in [0.25, 0.3) is 11.5 Å². The Balaban J connectivity index is 1.50. The molecule has 0 spiro atoms. The Morgan fingerprint density at radius 2 is 1.60 bits per heavy atom. The molecule has 0 amide bonds. The van der Waals surface area contributed by atoms with Crippen molar-refractivity contribution in [3.63, 3.8) is 0 Å². The number of nitrogens with zero attached hydrogens (tertiary/aromatic N) is 2. The molecule has 0 unspecified atom stereocenters. The monoisotopic (exact) mass is 419 g/mol. The Morgan fingerprint density at radius 3 is 2.43 bits per heavy atom. The van der Waals surface area contributed by atoms with E-state index in [-0.39, 0.29) is 6.04 Å². The van der Waals surface area contributed by atoms with Crippen molar-refractivity contribution in [2.75, 3.05) is 18.5 Å². The number of benzene rings is 3. The summed E-state index contributed by atoms with van der Waals surface area (Å²) in [5.41, 5.74) is 2.54. The van der Waals surface area contributed by atoms with Gasteiger partial charge in [0.15, 0.2) is 11.5 Å². The van der Waals surface area contributed by atoms with Crippen molar-refractivity contribution in [2.45, 2.75) is 6.04 Å². The Bertz CT molecular complexity index is 1160. The summed E-state index contributed by atoms with van der Waals surface area (Å²) in [4.78, 5) is 0. The van der Waals surface area contributed by atoms with Crippen LogP contribution in [-0.2, 0) is 0 Å². The van der Waals surface area contributed by atoms with Gasteiger partial charge in [0, 0.05) is 11.8 Å². The molecule has 6 nitrogen and oxygen atoms in total. The van der Waals surface area contributed by atoms with Crippen LogP contribution >= 0.6 is 11.6 Å². The summed E-state index contributed by atoms with van der Waals surface area (Å²) in [6.07, 6.45) is 0. The SMILES string of the molecule is Clc1ccccc1-c1nnc([C@@H](Nc2ccc3c(c2)OCCO3)c2ccccc2)o1. The van der Waals surface area contributed by atoms with Crippen molar-refractivity contribution in [3.05, 3.63) is 89.3 Å². The highest BCUT2D eigenvalue weighted by molar-refractivity contribution is 6.33. The van der Waals surface area contributed by atoms with E-state index in [2.05, 4.69) is 15.5 Å². The second-order valence-electron chi connectivity index (χ2n) is 6.77. The predicted octanol–water partition coefficient (Wildman–Crippen LogP) is 5.36. The highest BCUT2D eigenvalue weighted by Gasteiger charge is 2.23. The number of hydrogen-bond donors (Lipinski definition) is 1. The number of rotatable bonds is 5. The lowest BCUT2D eigenvalue weighted by molar-refractivity contribution is 0.171. The third-order valence-corrected chi connectivity index (χ3v) is 5.11. The van der Waals surface area contributed by atoms with Crippen molar-refractivity contribution >= 4 is 17.3 Å². The maximum Gasteiger partial charge on any atom is 0.249 e. The van der Waals surface area contributed by atoms with Gasteiger partial charge in [-0.1, -0.05) is 54.1 Å². The van der Waals surface area contributed by atoms with E-state index in [9.17, 15) is 0 Å². The van der Waals surface area contributed by atoms with Gasteiger partial charge in [0.25, 0.3) is 0 Å². The van der Waals surface area contributed by atoms with Gasteiger partial charge >= 0.3 is 0 Å². The van der Waals surface area contributed by atoms with Crippen molar-refractivity contribution in [2.24, 2.45) is 0 Å². The van der Waals surface area contributed by atoms with E-state index in [0.29, 0.717) is 41.3 Å². The number of aromatic nitrogens is 2. The molecular formula is C23H18ClN3O3. The molecule has 2 heterocycles. The van der Waals surface area contributed by atoms with Gasteiger partial charge in [-0.05, 0) is 29.8 Å². The lowest BCUT2D eigenvalue weighted by Crippen LogP contribution is -2.16. The maximum atomic E-state index is 6.29. The van der Waals surface area contributed by atoms with Crippen LogP contribution in [0.4, 0.5) is 5.69 Å². The summed E-state index contributed by atoms with van der Waals surface area (Å²) in [5.74, 6) is 2.26. The third-order valence-electron chi connectivity index (χ3n) is 4.78. The first kappa shape index (κ1) is 18.5. The Hall–Kier alpha value is -3.51. The van der Waals surface area contributed by atoms with Gasteiger partial charge in [-0.3, -0.25) is 0 Å².